The van der Waals surface area contributed by atoms with Crippen LogP contribution in [-0.2, 0) is 0 Å². The monoisotopic (exact) mass is 376 g/mol. The van der Waals surface area contributed by atoms with Gasteiger partial charge in [-0.15, -0.1) is 0 Å². The zero-order valence-corrected chi connectivity index (χ0v) is 15.1. The molecule has 0 radical (unpaired) electrons. The number of carbonyl (C=O) groups excluding carboxylic acids is 2. The van der Waals surface area contributed by atoms with Crippen molar-refractivity contribution in [2.24, 2.45) is 0 Å². The summed E-state index contributed by atoms with van der Waals surface area (Å²) in [6.45, 7) is 2.29. The summed E-state index contributed by atoms with van der Waals surface area (Å²) in [4.78, 5) is 28.8. The Morgan fingerprint density at radius 2 is 1.00 bits per heavy atom. The van der Waals surface area contributed by atoms with E-state index in [4.69, 9.17) is 23.2 Å². The molecule has 0 bridgehead atoms. The molecule has 1 aliphatic heterocycles. The lowest BCUT2D eigenvalue weighted by molar-refractivity contribution is 0.0719. The molecule has 0 N–H and O–H groups in total. The number of amides is 2. The van der Waals surface area contributed by atoms with Crippen molar-refractivity contribution in [1.29, 1.82) is 0 Å². The Labute approximate surface area is 156 Å². The van der Waals surface area contributed by atoms with Crippen molar-refractivity contribution in [3.05, 3.63) is 69.7 Å². The molecule has 0 atom stereocenters. The minimum atomic E-state index is -0.0301. The molecule has 2 aromatic carbocycles. The third kappa shape index (κ3) is 4.33. The van der Waals surface area contributed by atoms with Gasteiger partial charge in [-0.3, -0.25) is 9.59 Å². The van der Waals surface area contributed by atoms with Gasteiger partial charge in [-0.2, -0.15) is 0 Å². The second-order valence-corrected chi connectivity index (χ2v) is 6.82. The molecule has 2 amide bonds. The van der Waals surface area contributed by atoms with E-state index in [1.165, 1.54) is 0 Å². The molecule has 0 saturated carbocycles. The number of rotatable bonds is 2. The van der Waals surface area contributed by atoms with Gasteiger partial charge in [0.15, 0.2) is 0 Å². The largest absolute Gasteiger partial charge is 0.337 e. The van der Waals surface area contributed by atoms with Crippen molar-refractivity contribution in [2.75, 3.05) is 26.2 Å². The molecule has 0 unspecified atom stereocenters. The van der Waals surface area contributed by atoms with E-state index in [1.54, 1.807) is 58.3 Å². The van der Waals surface area contributed by atoms with Crippen LogP contribution in [0.5, 0.6) is 0 Å². The Morgan fingerprint density at radius 1 is 0.640 bits per heavy atom. The lowest BCUT2D eigenvalue weighted by atomic mass is 10.2. The van der Waals surface area contributed by atoms with Crippen molar-refractivity contribution in [3.8, 4) is 0 Å². The normalized spacial score (nSPS) is 15.0. The summed E-state index contributed by atoms with van der Waals surface area (Å²) < 4.78 is 0. The standard InChI is InChI=1S/C19H18Cl2N2O2/c20-16-6-2-14(3-7-16)18(24)22-10-1-11-23(13-12-22)19(25)15-4-8-17(21)9-5-15/h2-9H,1,10-13H2. The fraction of sp³-hybridized carbons (Fsp3) is 0.263. The summed E-state index contributed by atoms with van der Waals surface area (Å²) in [5.41, 5.74) is 1.23. The second kappa shape index (κ2) is 7.89. The van der Waals surface area contributed by atoms with Crippen LogP contribution in [0.1, 0.15) is 27.1 Å². The molecule has 0 spiro atoms. The van der Waals surface area contributed by atoms with Crippen molar-refractivity contribution < 1.29 is 9.59 Å². The van der Waals surface area contributed by atoms with E-state index in [-0.39, 0.29) is 11.8 Å². The maximum absolute atomic E-state index is 12.6. The van der Waals surface area contributed by atoms with E-state index in [1.807, 2.05) is 0 Å². The molecule has 1 aliphatic rings. The van der Waals surface area contributed by atoms with E-state index in [0.29, 0.717) is 47.4 Å². The van der Waals surface area contributed by atoms with Gasteiger partial charge >= 0.3 is 0 Å². The lowest BCUT2D eigenvalue weighted by Crippen LogP contribution is -2.37. The van der Waals surface area contributed by atoms with Crippen LogP contribution < -0.4 is 0 Å². The average molecular weight is 377 g/mol. The highest BCUT2D eigenvalue weighted by molar-refractivity contribution is 6.31. The zero-order valence-electron chi connectivity index (χ0n) is 13.6. The molecule has 3 rings (SSSR count). The van der Waals surface area contributed by atoms with Gasteiger partial charge in [-0.05, 0) is 55.0 Å². The average Bonchev–Trinajstić information content (AvgIpc) is 2.88. The molecule has 130 valence electrons. The summed E-state index contributed by atoms with van der Waals surface area (Å²) in [5.74, 6) is -0.0603. The van der Waals surface area contributed by atoms with Crippen LogP contribution in [0.3, 0.4) is 0 Å². The van der Waals surface area contributed by atoms with Gasteiger partial charge in [-0.25, -0.2) is 0 Å². The highest BCUT2D eigenvalue weighted by Crippen LogP contribution is 2.16. The Kier molecular flexibility index (Phi) is 5.61. The zero-order chi connectivity index (χ0) is 17.8. The third-order valence-corrected chi connectivity index (χ3v) is 4.76. The van der Waals surface area contributed by atoms with Crippen molar-refractivity contribution in [1.82, 2.24) is 9.80 Å². The molecular formula is C19H18Cl2N2O2. The van der Waals surface area contributed by atoms with Crippen molar-refractivity contribution in [3.63, 3.8) is 0 Å². The van der Waals surface area contributed by atoms with Gasteiger partial charge in [-0.1, -0.05) is 23.2 Å². The maximum Gasteiger partial charge on any atom is 0.253 e. The number of halogens is 2. The van der Waals surface area contributed by atoms with E-state index < -0.39 is 0 Å². The molecular weight excluding hydrogens is 359 g/mol. The minimum Gasteiger partial charge on any atom is -0.337 e. The topological polar surface area (TPSA) is 40.6 Å². The highest BCUT2D eigenvalue weighted by atomic mass is 35.5. The van der Waals surface area contributed by atoms with E-state index in [2.05, 4.69) is 0 Å². The van der Waals surface area contributed by atoms with Crippen molar-refractivity contribution in [2.45, 2.75) is 6.42 Å². The van der Waals surface area contributed by atoms with Gasteiger partial charge in [0.05, 0.1) is 0 Å². The van der Waals surface area contributed by atoms with Crippen LogP contribution in [0.2, 0.25) is 10.0 Å². The smallest absolute Gasteiger partial charge is 0.253 e. The first-order valence-electron chi connectivity index (χ1n) is 8.14. The number of carbonyl (C=O) groups is 2. The van der Waals surface area contributed by atoms with Crippen LogP contribution >= 0.6 is 23.2 Å². The Morgan fingerprint density at radius 3 is 1.36 bits per heavy atom. The first-order chi connectivity index (χ1) is 12.0. The fourth-order valence-electron chi connectivity index (χ4n) is 2.87. The lowest BCUT2D eigenvalue weighted by Gasteiger charge is -2.22. The predicted octanol–water partition coefficient (Wildman–Crippen LogP) is 3.98. The summed E-state index contributed by atoms with van der Waals surface area (Å²) in [6.07, 6.45) is 0.749. The summed E-state index contributed by atoms with van der Waals surface area (Å²) in [5, 5.41) is 1.21. The molecule has 6 heteroatoms. The quantitative estimate of drug-likeness (QED) is 0.794. The van der Waals surface area contributed by atoms with Crippen molar-refractivity contribution >= 4 is 35.0 Å². The van der Waals surface area contributed by atoms with Gasteiger partial charge in [0.2, 0.25) is 0 Å². The molecule has 0 aliphatic carbocycles. The van der Waals surface area contributed by atoms with Crippen LogP contribution in [0.15, 0.2) is 48.5 Å². The molecule has 1 saturated heterocycles. The third-order valence-electron chi connectivity index (χ3n) is 4.25. The molecule has 0 aromatic heterocycles. The first-order valence-corrected chi connectivity index (χ1v) is 8.90. The first kappa shape index (κ1) is 17.8. The van der Waals surface area contributed by atoms with Crippen LogP contribution in [0, 0.1) is 0 Å². The fourth-order valence-corrected chi connectivity index (χ4v) is 3.13. The Hall–Kier alpha value is -2.04. The highest BCUT2D eigenvalue weighted by Gasteiger charge is 2.23. The number of benzene rings is 2. The van der Waals surface area contributed by atoms with Gasteiger partial charge < -0.3 is 9.80 Å². The number of hydrogen-bond donors (Lipinski definition) is 0. The van der Waals surface area contributed by atoms with E-state index in [9.17, 15) is 9.59 Å². The number of hydrogen-bond acceptors (Lipinski definition) is 2. The Balaban J connectivity index is 1.65. The molecule has 1 fully saturated rings. The summed E-state index contributed by atoms with van der Waals surface area (Å²) in [6, 6.07) is 13.8. The van der Waals surface area contributed by atoms with Gasteiger partial charge in [0.25, 0.3) is 11.8 Å². The number of nitrogens with zero attached hydrogens (tertiary/aromatic N) is 2. The second-order valence-electron chi connectivity index (χ2n) is 5.95. The predicted molar refractivity (Wildman–Crippen MR) is 99.3 cm³/mol. The summed E-state index contributed by atoms with van der Waals surface area (Å²) in [7, 11) is 0. The maximum atomic E-state index is 12.6. The van der Waals surface area contributed by atoms with Gasteiger partial charge in [0.1, 0.15) is 0 Å². The molecule has 1 heterocycles. The minimum absolute atomic E-state index is 0.0301. The Bertz CT molecular complexity index is 694. The van der Waals surface area contributed by atoms with Gasteiger partial charge in [0, 0.05) is 47.4 Å². The van der Waals surface area contributed by atoms with Crippen LogP contribution in [0.4, 0.5) is 0 Å². The molecule has 2 aromatic rings. The van der Waals surface area contributed by atoms with Crippen LogP contribution in [0.25, 0.3) is 0 Å². The van der Waals surface area contributed by atoms with E-state index in [0.717, 1.165) is 6.42 Å². The molecule has 4 nitrogen and oxygen atoms in total. The van der Waals surface area contributed by atoms with Crippen LogP contribution in [-0.4, -0.2) is 47.8 Å². The SMILES string of the molecule is O=C(c1ccc(Cl)cc1)N1CCCN(C(=O)c2ccc(Cl)cc2)CC1. The van der Waals surface area contributed by atoms with E-state index >= 15 is 0 Å². The molecule has 25 heavy (non-hydrogen) atoms. The summed E-state index contributed by atoms with van der Waals surface area (Å²) >= 11 is 11.7.